The van der Waals surface area contributed by atoms with E-state index in [1.54, 1.807) is 10.9 Å². The average molecular weight is 243 g/mol. The van der Waals surface area contributed by atoms with Gasteiger partial charge in [0, 0.05) is 5.38 Å². The van der Waals surface area contributed by atoms with E-state index in [4.69, 9.17) is 4.74 Å². The molecule has 0 bridgehead atoms. The number of methoxy groups -OCH3 is 1. The van der Waals surface area contributed by atoms with Crippen molar-refractivity contribution in [3.8, 4) is 0 Å². The number of aliphatic hydroxyl groups excluding tert-OH is 1. The van der Waals surface area contributed by atoms with Crippen molar-refractivity contribution in [2.75, 3.05) is 7.11 Å². The van der Waals surface area contributed by atoms with Crippen LogP contribution in [-0.2, 0) is 9.53 Å². The number of unbranched alkanes of at least 4 members (excludes halogenated alkanes) is 1. The van der Waals surface area contributed by atoms with Crippen molar-refractivity contribution < 1.29 is 14.6 Å². The topological polar surface area (TPSA) is 59.4 Å². The summed E-state index contributed by atoms with van der Waals surface area (Å²) in [7, 11) is 1.34. The summed E-state index contributed by atoms with van der Waals surface area (Å²) in [5.74, 6) is -0.874. The first-order valence-corrected chi connectivity index (χ1v) is 6.29. The van der Waals surface area contributed by atoms with Crippen LogP contribution in [0.4, 0.5) is 0 Å². The summed E-state index contributed by atoms with van der Waals surface area (Å²) >= 11 is 1.41. The fourth-order valence-electron chi connectivity index (χ4n) is 1.55. The predicted molar refractivity (Wildman–Crippen MR) is 62.1 cm³/mol. The molecule has 0 aliphatic carbocycles. The summed E-state index contributed by atoms with van der Waals surface area (Å²) in [5, 5.41) is 11.8. The van der Waals surface area contributed by atoms with Crippen LogP contribution < -0.4 is 0 Å². The zero-order chi connectivity index (χ0) is 12.0. The van der Waals surface area contributed by atoms with Crippen LogP contribution in [0.3, 0.4) is 0 Å². The molecule has 0 saturated heterocycles. The van der Waals surface area contributed by atoms with Gasteiger partial charge < -0.3 is 9.84 Å². The molecule has 1 heterocycles. The van der Waals surface area contributed by atoms with Crippen LogP contribution in [0.15, 0.2) is 10.9 Å². The predicted octanol–water partition coefficient (Wildman–Crippen LogP) is 2.16. The standard InChI is InChI=1S/C11H17NO3S/c1-3-4-5-8(11(14)15-2)10(13)9-6-16-7-12-9/h6-8,10,13H,3-5H2,1-2H3. The van der Waals surface area contributed by atoms with Crippen LogP contribution in [0, 0.1) is 5.92 Å². The van der Waals surface area contributed by atoms with Crippen molar-refractivity contribution >= 4 is 17.3 Å². The highest BCUT2D eigenvalue weighted by Gasteiger charge is 2.29. The lowest BCUT2D eigenvalue weighted by molar-refractivity contribution is -0.150. The number of hydrogen-bond acceptors (Lipinski definition) is 5. The highest BCUT2D eigenvalue weighted by atomic mass is 32.1. The van der Waals surface area contributed by atoms with E-state index in [2.05, 4.69) is 4.98 Å². The first-order valence-electron chi connectivity index (χ1n) is 5.34. The average Bonchev–Trinajstić information content (AvgIpc) is 2.82. The minimum atomic E-state index is -0.856. The summed E-state index contributed by atoms with van der Waals surface area (Å²) in [6, 6.07) is 0. The van der Waals surface area contributed by atoms with Crippen LogP contribution in [0.5, 0.6) is 0 Å². The van der Waals surface area contributed by atoms with Crippen molar-refractivity contribution in [3.63, 3.8) is 0 Å². The second kappa shape index (κ2) is 6.60. The fourth-order valence-corrected chi connectivity index (χ4v) is 2.14. The second-order valence-corrected chi connectivity index (χ2v) is 4.35. The number of rotatable bonds is 6. The highest BCUT2D eigenvalue weighted by molar-refractivity contribution is 7.07. The van der Waals surface area contributed by atoms with Gasteiger partial charge in [-0.15, -0.1) is 11.3 Å². The zero-order valence-corrected chi connectivity index (χ0v) is 10.4. The van der Waals surface area contributed by atoms with E-state index in [-0.39, 0.29) is 5.97 Å². The number of carbonyl (C=O) groups is 1. The molecule has 16 heavy (non-hydrogen) atoms. The molecule has 0 aliphatic heterocycles. The Morgan fingerprint density at radius 3 is 2.94 bits per heavy atom. The smallest absolute Gasteiger partial charge is 0.311 e. The molecule has 5 heteroatoms. The first-order chi connectivity index (χ1) is 7.70. The fraction of sp³-hybridized carbons (Fsp3) is 0.636. The molecular formula is C11H17NO3S. The number of aliphatic hydroxyl groups is 1. The van der Waals surface area contributed by atoms with Crippen LogP contribution in [0.25, 0.3) is 0 Å². The number of esters is 1. The molecule has 90 valence electrons. The number of nitrogens with zero attached hydrogens (tertiary/aromatic N) is 1. The molecule has 0 amide bonds. The van der Waals surface area contributed by atoms with Gasteiger partial charge in [-0.25, -0.2) is 4.98 Å². The maximum atomic E-state index is 11.5. The van der Waals surface area contributed by atoms with E-state index in [0.717, 1.165) is 12.8 Å². The van der Waals surface area contributed by atoms with Gasteiger partial charge in [0.05, 0.1) is 24.2 Å². The van der Waals surface area contributed by atoms with Crippen molar-refractivity contribution in [1.29, 1.82) is 0 Å². The van der Waals surface area contributed by atoms with Gasteiger partial charge in [0.25, 0.3) is 0 Å². The Morgan fingerprint density at radius 1 is 1.69 bits per heavy atom. The molecule has 4 nitrogen and oxygen atoms in total. The van der Waals surface area contributed by atoms with Gasteiger partial charge in [-0.3, -0.25) is 4.79 Å². The normalized spacial score (nSPS) is 14.4. The summed E-state index contributed by atoms with van der Waals surface area (Å²) in [4.78, 5) is 15.6. The Morgan fingerprint density at radius 2 is 2.44 bits per heavy atom. The summed E-state index contributed by atoms with van der Waals surface area (Å²) in [6.45, 7) is 2.05. The Kier molecular flexibility index (Phi) is 5.42. The van der Waals surface area contributed by atoms with Crippen LogP contribution in [0.2, 0.25) is 0 Å². The molecule has 0 radical (unpaired) electrons. The minimum Gasteiger partial charge on any atom is -0.469 e. The molecule has 0 spiro atoms. The largest absolute Gasteiger partial charge is 0.469 e. The van der Waals surface area contributed by atoms with Gasteiger partial charge in [-0.1, -0.05) is 19.8 Å². The lowest BCUT2D eigenvalue weighted by atomic mass is 9.94. The lowest BCUT2D eigenvalue weighted by Gasteiger charge is -2.18. The molecule has 0 aromatic carbocycles. The lowest BCUT2D eigenvalue weighted by Crippen LogP contribution is -2.24. The van der Waals surface area contributed by atoms with Crippen LogP contribution in [0.1, 0.15) is 38.0 Å². The Balaban J connectivity index is 2.71. The van der Waals surface area contributed by atoms with Crippen LogP contribution in [-0.4, -0.2) is 23.2 Å². The number of carbonyl (C=O) groups excluding carboxylic acids is 1. The first kappa shape index (κ1) is 13.1. The molecule has 0 fully saturated rings. The minimum absolute atomic E-state index is 0.367. The van der Waals surface area contributed by atoms with E-state index in [9.17, 15) is 9.90 Å². The summed E-state index contributed by atoms with van der Waals surface area (Å²) in [5.41, 5.74) is 2.20. The maximum absolute atomic E-state index is 11.5. The number of thiazole rings is 1. The second-order valence-electron chi connectivity index (χ2n) is 3.63. The Bertz CT molecular complexity index is 313. The quantitative estimate of drug-likeness (QED) is 0.778. The van der Waals surface area contributed by atoms with Gasteiger partial charge in [0.1, 0.15) is 6.10 Å². The molecule has 1 aromatic rings. The number of aromatic nitrogens is 1. The highest BCUT2D eigenvalue weighted by Crippen LogP contribution is 2.27. The Hall–Kier alpha value is -0.940. The monoisotopic (exact) mass is 243 g/mol. The van der Waals surface area contributed by atoms with Gasteiger partial charge in [-0.2, -0.15) is 0 Å². The molecule has 1 N–H and O–H groups in total. The molecular weight excluding hydrogens is 226 g/mol. The molecule has 0 saturated carbocycles. The van der Waals surface area contributed by atoms with Crippen molar-refractivity contribution in [1.82, 2.24) is 4.98 Å². The number of ether oxygens (including phenoxy) is 1. The van der Waals surface area contributed by atoms with Crippen molar-refractivity contribution in [2.45, 2.75) is 32.3 Å². The summed E-state index contributed by atoms with van der Waals surface area (Å²) in [6.07, 6.45) is 1.64. The van der Waals surface area contributed by atoms with E-state index in [1.807, 2.05) is 6.92 Å². The van der Waals surface area contributed by atoms with Crippen molar-refractivity contribution in [2.24, 2.45) is 5.92 Å². The molecule has 2 atom stereocenters. The summed E-state index contributed by atoms with van der Waals surface area (Å²) < 4.78 is 4.71. The third-order valence-corrected chi connectivity index (χ3v) is 3.11. The van der Waals surface area contributed by atoms with Gasteiger partial charge in [-0.05, 0) is 6.42 Å². The molecule has 1 aromatic heterocycles. The SMILES string of the molecule is CCCCC(C(=O)OC)C(O)c1cscn1. The van der Waals surface area contributed by atoms with Gasteiger partial charge in [0.15, 0.2) is 0 Å². The number of hydrogen-bond donors (Lipinski definition) is 1. The van der Waals surface area contributed by atoms with E-state index < -0.39 is 12.0 Å². The van der Waals surface area contributed by atoms with E-state index in [1.165, 1.54) is 18.4 Å². The zero-order valence-electron chi connectivity index (χ0n) is 9.55. The van der Waals surface area contributed by atoms with Crippen molar-refractivity contribution in [3.05, 3.63) is 16.6 Å². The van der Waals surface area contributed by atoms with E-state index >= 15 is 0 Å². The Labute approximate surface area is 99.3 Å². The van der Waals surface area contributed by atoms with Gasteiger partial charge >= 0.3 is 5.97 Å². The molecule has 0 aliphatic rings. The van der Waals surface area contributed by atoms with E-state index in [0.29, 0.717) is 12.1 Å². The van der Waals surface area contributed by atoms with Gasteiger partial charge in [0.2, 0.25) is 0 Å². The molecule has 1 rings (SSSR count). The van der Waals surface area contributed by atoms with Crippen LogP contribution >= 0.6 is 11.3 Å². The maximum Gasteiger partial charge on any atom is 0.311 e. The third-order valence-electron chi connectivity index (χ3n) is 2.51. The molecule has 2 unspecified atom stereocenters. The third kappa shape index (κ3) is 3.28.